The van der Waals surface area contributed by atoms with Gasteiger partial charge < -0.3 is 10.0 Å². The predicted octanol–water partition coefficient (Wildman–Crippen LogP) is 1.86. The van der Waals surface area contributed by atoms with E-state index in [1.54, 1.807) is 54.4 Å². The van der Waals surface area contributed by atoms with E-state index in [9.17, 15) is 14.7 Å². The number of likely N-dealkylation sites (tertiary alicyclic amines) is 1. The molecular formula is C20H18ClN3O3. The van der Waals surface area contributed by atoms with Crippen LogP contribution in [0, 0.1) is 0 Å². The average molecular weight is 384 g/mol. The Bertz CT molecular complexity index is 1090. The van der Waals surface area contributed by atoms with Crippen molar-refractivity contribution in [3.8, 4) is 0 Å². The first-order valence-corrected chi connectivity index (χ1v) is 8.96. The van der Waals surface area contributed by atoms with Crippen LogP contribution < -0.4 is 5.56 Å². The Hall–Kier alpha value is -2.70. The molecule has 1 aliphatic heterocycles. The smallest absolute Gasteiger partial charge is 0.274 e. The van der Waals surface area contributed by atoms with Gasteiger partial charge in [0.25, 0.3) is 5.56 Å². The number of aryl methyl sites for hydroxylation is 1. The molecule has 0 spiro atoms. The van der Waals surface area contributed by atoms with Gasteiger partial charge in [-0.05, 0) is 23.8 Å². The molecule has 0 aliphatic carbocycles. The molecule has 1 amide bonds. The van der Waals surface area contributed by atoms with Crippen molar-refractivity contribution in [2.75, 3.05) is 13.1 Å². The standard InChI is InChI=1S/C20H18ClN3O3/c1-23-19(26)16-5-3-2-4-15(16)17(22-23)10-18(25)24-11-20(27,12-24)13-6-8-14(21)9-7-13/h2-9,27H,10-12H2,1H3. The normalized spacial score (nSPS) is 15.6. The Morgan fingerprint density at radius 1 is 1.15 bits per heavy atom. The molecule has 138 valence electrons. The summed E-state index contributed by atoms with van der Waals surface area (Å²) in [5, 5.41) is 16.8. The molecular weight excluding hydrogens is 366 g/mol. The van der Waals surface area contributed by atoms with Crippen molar-refractivity contribution in [1.29, 1.82) is 0 Å². The van der Waals surface area contributed by atoms with Gasteiger partial charge in [-0.3, -0.25) is 9.59 Å². The number of benzene rings is 2. The molecule has 0 radical (unpaired) electrons. The van der Waals surface area contributed by atoms with Crippen LogP contribution in [0.1, 0.15) is 11.3 Å². The maximum Gasteiger partial charge on any atom is 0.274 e. The minimum atomic E-state index is -1.06. The Kier molecular flexibility index (Phi) is 4.25. The van der Waals surface area contributed by atoms with Crippen LogP contribution in [0.15, 0.2) is 53.3 Å². The lowest BCUT2D eigenvalue weighted by molar-refractivity contribution is -0.156. The first kappa shape index (κ1) is 17.7. The molecule has 0 unspecified atom stereocenters. The number of aliphatic hydroxyl groups is 1. The predicted molar refractivity (Wildman–Crippen MR) is 103 cm³/mol. The molecule has 3 aromatic rings. The number of nitrogens with zero attached hydrogens (tertiary/aromatic N) is 3. The second-order valence-electron chi connectivity index (χ2n) is 6.89. The lowest BCUT2D eigenvalue weighted by atomic mass is 9.86. The number of carbonyl (C=O) groups is 1. The summed E-state index contributed by atoms with van der Waals surface area (Å²) in [6, 6.07) is 14.1. The molecule has 1 fully saturated rings. The maximum absolute atomic E-state index is 12.7. The van der Waals surface area contributed by atoms with Crippen molar-refractivity contribution in [1.82, 2.24) is 14.7 Å². The van der Waals surface area contributed by atoms with Crippen molar-refractivity contribution in [3.05, 3.63) is 75.2 Å². The van der Waals surface area contributed by atoms with Gasteiger partial charge in [0.2, 0.25) is 5.91 Å². The number of hydrogen-bond donors (Lipinski definition) is 1. The zero-order chi connectivity index (χ0) is 19.2. The highest BCUT2D eigenvalue weighted by Gasteiger charge is 2.44. The molecule has 2 aromatic carbocycles. The monoisotopic (exact) mass is 383 g/mol. The molecule has 7 heteroatoms. The van der Waals surface area contributed by atoms with Crippen molar-refractivity contribution in [3.63, 3.8) is 0 Å². The number of carbonyl (C=O) groups excluding carboxylic acids is 1. The number of aromatic nitrogens is 2. The summed E-state index contributed by atoms with van der Waals surface area (Å²) in [6.07, 6.45) is 0.0747. The molecule has 0 bridgehead atoms. The fourth-order valence-corrected chi connectivity index (χ4v) is 3.59. The van der Waals surface area contributed by atoms with Gasteiger partial charge in [0.05, 0.1) is 30.6 Å². The Balaban J connectivity index is 1.53. The van der Waals surface area contributed by atoms with Crippen molar-refractivity contribution in [2.45, 2.75) is 12.0 Å². The van der Waals surface area contributed by atoms with Gasteiger partial charge in [0.15, 0.2) is 0 Å². The van der Waals surface area contributed by atoms with Crippen LogP contribution in [0.3, 0.4) is 0 Å². The fraction of sp³-hybridized carbons (Fsp3) is 0.250. The van der Waals surface area contributed by atoms with E-state index in [4.69, 9.17) is 11.6 Å². The minimum Gasteiger partial charge on any atom is -0.381 e. The summed E-state index contributed by atoms with van der Waals surface area (Å²) >= 11 is 5.89. The number of amides is 1. The second-order valence-corrected chi connectivity index (χ2v) is 7.32. The molecule has 4 rings (SSSR count). The third-order valence-electron chi connectivity index (χ3n) is 4.99. The first-order chi connectivity index (χ1) is 12.9. The quantitative estimate of drug-likeness (QED) is 0.749. The van der Waals surface area contributed by atoms with Gasteiger partial charge in [-0.25, -0.2) is 4.68 Å². The first-order valence-electron chi connectivity index (χ1n) is 8.58. The number of hydrogen-bond acceptors (Lipinski definition) is 4. The van der Waals surface area contributed by atoms with E-state index in [0.29, 0.717) is 21.5 Å². The lowest BCUT2D eigenvalue weighted by Crippen LogP contribution is -2.61. The molecule has 1 aromatic heterocycles. The Labute approximate surface area is 160 Å². The Morgan fingerprint density at radius 2 is 1.78 bits per heavy atom. The Morgan fingerprint density at radius 3 is 2.44 bits per heavy atom. The summed E-state index contributed by atoms with van der Waals surface area (Å²) < 4.78 is 1.26. The van der Waals surface area contributed by atoms with E-state index < -0.39 is 5.60 Å². The van der Waals surface area contributed by atoms with E-state index in [2.05, 4.69) is 5.10 Å². The van der Waals surface area contributed by atoms with Gasteiger partial charge in [-0.15, -0.1) is 0 Å². The summed E-state index contributed by atoms with van der Waals surface area (Å²) in [6.45, 7) is 0.439. The van der Waals surface area contributed by atoms with Crippen LogP contribution in [-0.4, -0.2) is 38.8 Å². The van der Waals surface area contributed by atoms with Crippen molar-refractivity contribution < 1.29 is 9.90 Å². The van der Waals surface area contributed by atoms with Gasteiger partial charge in [0, 0.05) is 17.5 Å². The summed E-state index contributed by atoms with van der Waals surface area (Å²) in [5.74, 6) is -0.134. The highest BCUT2D eigenvalue weighted by molar-refractivity contribution is 6.30. The number of fused-ring (bicyclic) bond motifs is 1. The highest BCUT2D eigenvalue weighted by atomic mass is 35.5. The van der Waals surface area contributed by atoms with Crippen LogP contribution in [0.5, 0.6) is 0 Å². The minimum absolute atomic E-state index is 0.0747. The van der Waals surface area contributed by atoms with Crippen LogP contribution >= 0.6 is 11.6 Å². The third-order valence-corrected chi connectivity index (χ3v) is 5.24. The van der Waals surface area contributed by atoms with Gasteiger partial charge in [0.1, 0.15) is 5.60 Å². The maximum atomic E-state index is 12.7. The SMILES string of the molecule is Cn1nc(CC(=O)N2CC(O)(c3ccc(Cl)cc3)C2)c2ccccc2c1=O. The molecule has 1 aliphatic rings. The molecule has 27 heavy (non-hydrogen) atoms. The topological polar surface area (TPSA) is 75.4 Å². The summed E-state index contributed by atoms with van der Waals surface area (Å²) in [4.78, 5) is 26.5. The number of halogens is 1. The van der Waals surface area contributed by atoms with Crippen molar-refractivity contribution in [2.24, 2.45) is 7.05 Å². The van der Waals surface area contributed by atoms with E-state index >= 15 is 0 Å². The molecule has 0 saturated carbocycles. The molecule has 1 saturated heterocycles. The second kappa shape index (κ2) is 6.48. The molecule has 0 atom stereocenters. The zero-order valence-electron chi connectivity index (χ0n) is 14.7. The fourth-order valence-electron chi connectivity index (χ4n) is 3.47. The van der Waals surface area contributed by atoms with Crippen LogP contribution in [0.25, 0.3) is 10.8 Å². The van der Waals surface area contributed by atoms with E-state index in [0.717, 1.165) is 5.56 Å². The lowest BCUT2D eigenvalue weighted by Gasteiger charge is -2.46. The summed E-state index contributed by atoms with van der Waals surface area (Å²) in [7, 11) is 1.58. The van der Waals surface area contributed by atoms with Crippen LogP contribution in [0.2, 0.25) is 5.02 Å². The highest BCUT2D eigenvalue weighted by Crippen LogP contribution is 2.33. The molecule has 1 N–H and O–H groups in total. The molecule has 6 nitrogen and oxygen atoms in total. The third kappa shape index (κ3) is 3.11. The van der Waals surface area contributed by atoms with Crippen molar-refractivity contribution >= 4 is 28.3 Å². The van der Waals surface area contributed by atoms with Gasteiger partial charge >= 0.3 is 0 Å². The number of rotatable bonds is 3. The average Bonchev–Trinajstić information content (AvgIpc) is 2.64. The van der Waals surface area contributed by atoms with Crippen LogP contribution in [-0.2, 0) is 23.9 Å². The summed E-state index contributed by atoms with van der Waals surface area (Å²) in [5.41, 5.74) is 0.0448. The van der Waals surface area contributed by atoms with E-state index in [-0.39, 0.29) is 31.0 Å². The largest absolute Gasteiger partial charge is 0.381 e. The number of β-amino-alcohol motifs (C(OH)–C–C–N with tert-alkyl or cyclic N) is 1. The van der Waals surface area contributed by atoms with E-state index in [1.807, 2.05) is 6.07 Å². The van der Waals surface area contributed by atoms with Gasteiger partial charge in [-0.2, -0.15) is 5.10 Å². The van der Waals surface area contributed by atoms with Gasteiger partial charge in [-0.1, -0.05) is 41.9 Å². The van der Waals surface area contributed by atoms with Crippen LogP contribution in [0.4, 0.5) is 0 Å². The molecule has 2 heterocycles. The zero-order valence-corrected chi connectivity index (χ0v) is 15.5. The van der Waals surface area contributed by atoms with E-state index in [1.165, 1.54) is 4.68 Å².